The van der Waals surface area contributed by atoms with Crippen molar-refractivity contribution in [1.29, 1.82) is 0 Å². The molecule has 0 N–H and O–H groups in total. The molecule has 4 aromatic heterocycles. The molecule has 0 aliphatic heterocycles. The first-order chi connectivity index (χ1) is 50.6. The van der Waals surface area contributed by atoms with Crippen molar-refractivity contribution in [3.05, 3.63) is 382 Å². The van der Waals surface area contributed by atoms with Gasteiger partial charge < -0.3 is 28.4 Å². The zero-order valence-corrected chi connectivity index (χ0v) is 55.4. The smallest absolute Gasteiger partial charge is 0.164 e. The summed E-state index contributed by atoms with van der Waals surface area (Å²) in [6.45, 7) is 0. The van der Waals surface area contributed by atoms with Crippen LogP contribution in [0.5, 0.6) is 0 Å². The number of fused-ring (bicyclic) bond motifs is 9. The molecule has 0 unspecified atom stereocenters. The van der Waals surface area contributed by atoms with Gasteiger partial charge in [-0.2, -0.15) is 0 Å². The molecule has 4 heterocycles. The Hall–Kier alpha value is -13.9. The molecule has 0 radical (unpaired) electrons. The number of benzene rings is 15. The number of hydrogen-bond acceptors (Lipinski definition) is 6. The number of anilines is 9. The molecule has 0 bridgehead atoms. The third kappa shape index (κ3) is 10.5. The molecule has 0 fully saturated rings. The lowest BCUT2D eigenvalue weighted by Crippen LogP contribution is -2.09. The van der Waals surface area contributed by atoms with Gasteiger partial charge in [-0.1, -0.05) is 164 Å². The van der Waals surface area contributed by atoms with Gasteiger partial charge in [0.15, 0.2) is 17.5 Å². The van der Waals surface area contributed by atoms with Crippen LogP contribution in [0.4, 0.5) is 51.2 Å². The van der Waals surface area contributed by atoms with Crippen LogP contribution >= 0.6 is 0 Å². The lowest BCUT2D eigenvalue weighted by atomic mass is 10.1. The van der Waals surface area contributed by atoms with E-state index in [9.17, 15) is 0 Å². The van der Waals surface area contributed by atoms with Gasteiger partial charge in [-0.25, -0.2) is 15.0 Å². The highest BCUT2D eigenvalue weighted by atomic mass is 15.2. The topological polar surface area (TPSA) is 63.2 Å². The normalized spacial score (nSPS) is 11.5. The van der Waals surface area contributed by atoms with Crippen molar-refractivity contribution < 1.29 is 0 Å². The lowest BCUT2D eigenvalue weighted by Gasteiger charge is -2.25. The van der Waals surface area contributed by atoms with Gasteiger partial charge in [-0.15, -0.1) is 0 Å². The first kappa shape index (κ1) is 59.4. The van der Waals surface area contributed by atoms with E-state index in [-0.39, 0.29) is 0 Å². The molecule has 0 saturated heterocycles. The summed E-state index contributed by atoms with van der Waals surface area (Å²) >= 11 is 0. The maximum Gasteiger partial charge on any atom is 0.164 e. The molecule has 19 rings (SSSR count). The van der Waals surface area contributed by atoms with E-state index < -0.39 is 0 Å². The number of para-hydroxylation sites is 9. The highest BCUT2D eigenvalue weighted by molar-refractivity contribution is 6.13. The van der Waals surface area contributed by atoms with E-state index in [0.29, 0.717) is 17.5 Å². The van der Waals surface area contributed by atoms with E-state index >= 15 is 0 Å². The summed E-state index contributed by atoms with van der Waals surface area (Å²) in [6, 6.07) is 136. The Bertz CT molecular complexity index is 5530. The zero-order chi connectivity index (χ0) is 67.5. The summed E-state index contributed by atoms with van der Waals surface area (Å²) in [4.78, 5) is 23.1. The minimum absolute atomic E-state index is 0.569. The minimum atomic E-state index is 0.569. The Morgan fingerprint density at radius 1 is 0.167 bits per heavy atom. The summed E-state index contributed by atoms with van der Waals surface area (Å²) in [5.74, 6) is 1.71. The summed E-state index contributed by atoms with van der Waals surface area (Å²) in [5.41, 5.74) is 22.2. The molecule has 0 amide bonds. The Morgan fingerprint density at radius 2 is 0.373 bits per heavy atom. The van der Waals surface area contributed by atoms with Gasteiger partial charge in [0, 0.05) is 117 Å². The summed E-state index contributed by atoms with van der Waals surface area (Å²) in [7, 11) is 0. The van der Waals surface area contributed by atoms with Crippen LogP contribution in [0.25, 0.3) is 117 Å². The summed E-state index contributed by atoms with van der Waals surface area (Å²) in [6.07, 6.45) is 0. The van der Waals surface area contributed by atoms with Gasteiger partial charge in [-0.05, 0) is 218 Å². The molecule has 480 valence electrons. The first-order valence-electron chi connectivity index (χ1n) is 34.5. The monoisotopic (exact) mass is 1310 g/mol. The maximum atomic E-state index is 5.37. The molecule has 19 aromatic rings. The van der Waals surface area contributed by atoms with Crippen molar-refractivity contribution in [3.63, 3.8) is 0 Å². The minimum Gasteiger partial charge on any atom is -0.310 e. The summed E-state index contributed by atoms with van der Waals surface area (Å²) < 4.78 is 7.09. The fraction of sp³-hybridized carbons (Fsp3) is 0. The first-order valence-corrected chi connectivity index (χ1v) is 34.5. The molecule has 0 saturated carbocycles. The van der Waals surface area contributed by atoms with Crippen LogP contribution in [0, 0.1) is 0 Å². The molecule has 0 aliphatic rings. The number of aromatic nitrogens is 6. The van der Waals surface area contributed by atoms with Crippen LogP contribution in [0.2, 0.25) is 0 Å². The predicted octanol–water partition coefficient (Wildman–Crippen LogP) is 24.6. The second-order valence-corrected chi connectivity index (χ2v) is 25.6. The van der Waals surface area contributed by atoms with E-state index in [4.69, 9.17) is 15.0 Å². The second-order valence-electron chi connectivity index (χ2n) is 25.6. The number of hydrogen-bond donors (Lipinski definition) is 0. The van der Waals surface area contributed by atoms with Crippen LogP contribution in [0.1, 0.15) is 0 Å². The average Bonchev–Trinajstić information content (AvgIpc) is 1.59. The van der Waals surface area contributed by atoms with E-state index in [2.05, 4.69) is 411 Å². The molecule has 15 aromatic carbocycles. The third-order valence-electron chi connectivity index (χ3n) is 19.6. The molecular formula is C93H63N9. The van der Waals surface area contributed by atoms with Gasteiger partial charge in [-0.3, -0.25) is 0 Å². The van der Waals surface area contributed by atoms with Crippen molar-refractivity contribution in [2.24, 2.45) is 0 Å². The molecule has 0 spiro atoms. The second kappa shape index (κ2) is 25.2. The Labute approximate surface area is 589 Å². The van der Waals surface area contributed by atoms with Gasteiger partial charge in [0.05, 0.1) is 33.1 Å². The van der Waals surface area contributed by atoms with Crippen molar-refractivity contribution in [3.8, 4) is 51.2 Å². The molecule has 0 aliphatic carbocycles. The van der Waals surface area contributed by atoms with E-state index in [1.165, 1.54) is 16.2 Å². The fourth-order valence-corrected chi connectivity index (χ4v) is 15.0. The Morgan fingerprint density at radius 3 is 0.608 bits per heavy atom. The van der Waals surface area contributed by atoms with Crippen molar-refractivity contribution in [1.82, 2.24) is 28.7 Å². The van der Waals surface area contributed by atoms with Crippen molar-refractivity contribution in [2.45, 2.75) is 0 Å². The van der Waals surface area contributed by atoms with Crippen LogP contribution in [0.15, 0.2) is 382 Å². The SMILES string of the molecule is c1ccc(N(c2ccccc2)c2ccc3c(c2)c2ccccc2n3-c2ccc(-c3nc(-c4ccc(-n5c6ccccc6c6cc(N(c7ccccc7)c7ccccc7)ccc65)cc4)nc(-c4ccc(-n5c6ccccc6c6cc(N(c7ccccc7)c7ccccc7)ccc65)cc4)n3)cc2)cc1. The highest BCUT2D eigenvalue weighted by Crippen LogP contribution is 2.44. The number of nitrogens with zero attached hydrogens (tertiary/aromatic N) is 9. The molecule has 0 atom stereocenters. The van der Waals surface area contributed by atoms with Gasteiger partial charge >= 0.3 is 0 Å². The van der Waals surface area contributed by atoms with Crippen LogP contribution in [0.3, 0.4) is 0 Å². The predicted molar refractivity (Wildman–Crippen MR) is 423 cm³/mol. The largest absolute Gasteiger partial charge is 0.310 e. The van der Waals surface area contributed by atoms with Crippen molar-refractivity contribution >= 4 is 117 Å². The molecule has 102 heavy (non-hydrogen) atoms. The maximum absolute atomic E-state index is 5.37. The quantitative estimate of drug-likeness (QED) is 0.102. The van der Waals surface area contributed by atoms with E-state index in [1.54, 1.807) is 0 Å². The molecular weight excluding hydrogens is 1240 g/mol. The van der Waals surface area contributed by atoms with Gasteiger partial charge in [0.25, 0.3) is 0 Å². The van der Waals surface area contributed by atoms with Crippen LogP contribution in [-0.2, 0) is 0 Å². The zero-order valence-electron chi connectivity index (χ0n) is 55.4. The van der Waals surface area contributed by atoms with Crippen LogP contribution in [-0.4, -0.2) is 28.7 Å². The van der Waals surface area contributed by atoms with E-state index in [0.717, 1.165) is 134 Å². The van der Waals surface area contributed by atoms with Gasteiger partial charge in [0.1, 0.15) is 0 Å². The summed E-state index contributed by atoms with van der Waals surface area (Å²) in [5, 5.41) is 7.00. The average molecular weight is 1310 g/mol. The van der Waals surface area contributed by atoms with Crippen LogP contribution < -0.4 is 14.7 Å². The molecule has 9 heteroatoms. The Kier molecular flexibility index (Phi) is 14.7. The van der Waals surface area contributed by atoms with E-state index in [1.807, 2.05) is 0 Å². The van der Waals surface area contributed by atoms with Crippen molar-refractivity contribution in [2.75, 3.05) is 14.7 Å². The third-order valence-corrected chi connectivity index (χ3v) is 19.6. The fourth-order valence-electron chi connectivity index (χ4n) is 15.0. The lowest BCUT2D eigenvalue weighted by molar-refractivity contribution is 1.07. The standard InChI is InChI=1S/C93H63N9/c1-7-25-67(26-8-1)97(68-27-9-2-10-28-68)76-55-58-88-82(61-76)79-37-19-22-40-85(79)100(88)73-49-43-64(44-50-73)91-94-92(65-45-51-74(52-46-65)101-86-41-23-20-38-80(86)83-62-77(56-59-89(83)101)98(69-29-11-3-12-30-69)70-31-13-4-14-32-70)96-93(95-91)66-47-53-75(54-48-66)102-87-42-24-21-39-81(87)84-63-78(57-60-90(84)102)99(71-33-15-5-16-34-71)72-35-17-6-18-36-72/h1-63H. The molecule has 9 nitrogen and oxygen atoms in total. The Balaban J connectivity index is 0.713. The highest BCUT2D eigenvalue weighted by Gasteiger charge is 2.23. The number of rotatable bonds is 15. The van der Waals surface area contributed by atoms with Gasteiger partial charge in [0.2, 0.25) is 0 Å².